The van der Waals surface area contributed by atoms with Crippen LogP contribution in [0, 0.1) is 20.8 Å². The molecule has 0 unspecified atom stereocenters. The molecule has 4 aromatic carbocycles. The van der Waals surface area contributed by atoms with E-state index in [4.69, 9.17) is 4.74 Å². The fourth-order valence-electron chi connectivity index (χ4n) is 6.08. The third kappa shape index (κ3) is 4.08. The highest BCUT2D eigenvalue weighted by Gasteiger charge is 2.36. The Morgan fingerprint density at radius 1 is 0.556 bits per heavy atom. The molecule has 0 heterocycles. The summed E-state index contributed by atoms with van der Waals surface area (Å²) in [6.07, 6.45) is 1.05. The molecule has 0 amide bonds. The third-order valence-electron chi connectivity index (χ3n) is 8.36. The first-order valence-electron chi connectivity index (χ1n) is 13.0. The van der Waals surface area contributed by atoms with E-state index in [0.717, 1.165) is 12.2 Å². The van der Waals surface area contributed by atoms with Crippen LogP contribution >= 0.6 is 0 Å². The molecule has 1 aliphatic rings. The van der Waals surface area contributed by atoms with E-state index in [9.17, 15) is 0 Å². The van der Waals surface area contributed by atoms with E-state index in [-0.39, 0.29) is 0 Å². The van der Waals surface area contributed by atoms with Gasteiger partial charge in [0.2, 0.25) is 0 Å². The van der Waals surface area contributed by atoms with Crippen molar-refractivity contribution in [3.8, 4) is 16.9 Å². The lowest BCUT2D eigenvalue weighted by Gasteiger charge is -2.28. The van der Waals surface area contributed by atoms with Crippen molar-refractivity contribution in [1.82, 2.24) is 0 Å². The number of rotatable bonds is 5. The number of aryl methyl sites for hydroxylation is 3. The van der Waals surface area contributed by atoms with E-state index in [0.29, 0.717) is 0 Å². The minimum Gasteiger partial charge on any atom is -0.497 e. The van der Waals surface area contributed by atoms with Gasteiger partial charge < -0.3 is 4.74 Å². The molecular weight excluding hydrogens is 469 g/mol. The van der Waals surface area contributed by atoms with Crippen molar-refractivity contribution in [2.75, 3.05) is 7.11 Å². The highest BCUT2D eigenvalue weighted by Crippen LogP contribution is 2.38. The van der Waals surface area contributed by atoms with Crippen molar-refractivity contribution >= 4 is 36.9 Å². The number of hydrogen-bond donors (Lipinski definition) is 0. The van der Waals surface area contributed by atoms with Gasteiger partial charge in [-0.2, -0.15) is 0 Å². The van der Waals surface area contributed by atoms with E-state index >= 15 is 0 Å². The lowest BCUT2D eigenvalue weighted by molar-refractivity contribution is 0.415. The normalized spacial score (nSPS) is 12.9. The zero-order chi connectivity index (χ0) is 25.8. The summed E-state index contributed by atoms with van der Waals surface area (Å²) in [5, 5.41) is 6.15. The molecule has 0 saturated carbocycles. The lowest BCUT2D eigenvalue weighted by atomic mass is 10.0. The van der Waals surface area contributed by atoms with Crippen LogP contribution in [0.2, 0.25) is 26.2 Å². The second-order valence-corrected chi connectivity index (χ2v) is 20.4. The summed E-state index contributed by atoms with van der Waals surface area (Å²) in [7, 11) is -2.03. The fraction of sp³-hybridized carbons (Fsp3) is 0.273. The molecular formula is C33H38OSi2. The van der Waals surface area contributed by atoms with Gasteiger partial charge in [0.05, 0.1) is 7.11 Å². The summed E-state index contributed by atoms with van der Waals surface area (Å²) < 4.78 is 5.44. The summed E-state index contributed by atoms with van der Waals surface area (Å²) in [6, 6.07) is 27.9. The van der Waals surface area contributed by atoms with E-state index in [1.165, 1.54) is 38.2 Å². The van der Waals surface area contributed by atoms with Crippen LogP contribution in [-0.2, 0) is 6.42 Å². The van der Waals surface area contributed by atoms with Gasteiger partial charge >= 0.3 is 0 Å². The van der Waals surface area contributed by atoms with Crippen LogP contribution in [0.3, 0.4) is 0 Å². The van der Waals surface area contributed by atoms with Crippen molar-refractivity contribution in [3.63, 3.8) is 0 Å². The monoisotopic (exact) mass is 506 g/mol. The molecule has 4 aromatic rings. The Hall–Kier alpha value is -2.89. The molecule has 1 nitrogen and oxygen atoms in total. The topological polar surface area (TPSA) is 9.23 Å². The molecule has 0 aromatic heterocycles. The van der Waals surface area contributed by atoms with E-state index in [1.54, 1.807) is 28.6 Å². The Morgan fingerprint density at radius 2 is 0.972 bits per heavy atom. The lowest BCUT2D eigenvalue weighted by Crippen LogP contribution is -2.55. The Kier molecular flexibility index (Phi) is 6.13. The van der Waals surface area contributed by atoms with Crippen LogP contribution in [0.1, 0.15) is 27.8 Å². The third-order valence-corrected chi connectivity index (χ3v) is 15.5. The van der Waals surface area contributed by atoms with Crippen LogP contribution < -0.4 is 25.5 Å². The molecule has 5 rings (SSSR count). The van der Waals surface area contributed by atoms with Crippen molar-refractivity contribution in [2.45, 2.75) is 53.4 Å². The van der Waals surface area contributed by atoms with Gasteiger partial charge in [-0.25, -0.2) is 0 Å². The highest BCUT2D eigenvalue weighted by molar-refractivity contribution is 7.01. The number of ether oxygens (including phenoxy) is 1. The Bertz CT molecular complexity index is 1450. The predicted octanol–water partition coefficient (Wildman–Crippen LogP) is 5.84. The Morgan fingerprint density at radius 3 is 1.39 bits per heavy atom. The van der Waals surface area contributed by atoms with Crippen molar-refractivity contribution in [3.05, 3.63) is 101 Å². The maximum atomic E-state index is 5.44. The van der Waals surface area contributed by atoms with E-state index < -0.39 is 16.1 Å². The number of hydrogen-bond acceptors (Lipinski definition) is 1. The van der Waals surface area contributed by atoms with Crippen LogP contribution in [-0.4, -0.2) is 23.3 Å². The van der Waals surface area contributed by atoms with Crippen molar-refractivity contribution < 1.29 is 4.74 Å². The average molecular weight is 507 g/mol. The molecule has 36 heavy (non-hydrogen) atoms. The minimum atomic E-state index is -1.91. The molecule has 0 aliphatic heterocycles. The molecule has 0 atom stereocenters. The summed E-state index contributed by atoms with van der Waals surface area (Å²) in [5.74, 6) is 0.925. The van der Waals surface area contributed by atoms with E-state index in [2.05, 4.69) is 120 Å². The van der Waals surface area contributed by atoms with Crippen molar-refractivity contribution in [2.24, 2.45) is 0 Å². The number of fused-ring (bicyclic) bond motifs is 3. The summed E-state index contributed by atoms with van der Waals surface area (Å²) in [5.41, 5.74) is 10.1. The summed E-state index contributed by atoms with van der Waals surface area (Å²) in [4.78, 5) is 0. The second-order valence-electron chi connectivity index (χ2n) is 11.7. The molecule has 0 saturated heterocycles. The minimum absolute atomic E-state index is 0.925. The smallest absolute Gasteiger partial charge is 0.118 e. The maximum absolute atomic E-state index is 5.44. The van der Waals surface area contributed by atoms with Gasteiger partial charge in [-0.15, -0.1) is 0 Å². The standard InChI is InChI=1S/C33H38OSi2/c1-22-9-13-26(14-10-22)35(5,6)32-19-23(2)17-28-29-18-24(3)20-33(31(29)21-30(28)32)36(7,8)27-15-11-25(34-4)12-16-27/h9-20H,21H2,1-8H3. The first-order chi connectivity index (χ1) is 17.0. The zero-order valence-corrected chi connectivity index (χ0v) is 25.0. The van der Waals surface area contributed by atoms with Crippen molar-refractivity contribution in [1.29, 1.82) is 0 Å². The van der Waals surface area contributed by atoms with Crippen LogP contribution in [0.5, 0.6) is 5.75 Å². The largest absolute Gasteiger partial charge is 0.497 e. The molecule has 1 aliphatic carbocycles. The number of methoxy groups -OCH3 is 1. The zero-order valence-electron chi connectivity index (χ0n) is 23.0. The summed E-state index contributed by atoms with van der Waals surface area (Å²) in [6.45, 7) is 16.8. The molecule has 0 bridgehead atoms. The molecule has 0 N–H and O–H groups in total. The highest BCUT2D eigenvalue weighted by atomic mass is 28.3. The van der Waals surface area contributed by atoms with Crippen LogP contribution in [0.4, 0.5) is 0 Å². The van der Waals surface area contributed by atoms with Gasteiger partial charge in [0.25, 0.3) is 0 Å². The molecule has 0 radical (unpaired) electrons. The first-order valence-corrected chi connectivity index (χ1v) is 19.0. The number of benzene rings is 4. The van der Waals surface area contributed by atoms with Gasteiger partial charge in [-0.05, 0) is 61.6 Å². The molecule has 0 spiro atoms. The SMILES string of the molecule is COc1ccc([Si](C)(C)c2cc(C)cc3c2Cc2c-3cc(C)cc2[Si](C)(C)c2ccc(C)cc2)cc1. The van der Waals surface area contributed by atoms with Crippen LogP contribution in [0.25, 0.3) is 11.1 Å². The van der Waals surface area contributed by atoms with Gasteiger partial charge in [0.15, 0.2) is 0 Å². The molecule has 3 heteroatoms. The molecule has 184 valence electrons. The van der Waals surface area contributed by atoms with Crippen LogP contribution in [0.15, 0.2) is 72.8 Å². The Labute approximate surface area is 219 Å². The van der Waals surface area contributed by atoms with Gasteiger partial charge in [-0.3, -0.25) is 0 Å². The molecule has 0 fully saturated rings. The predicted molar refractivity (Wildman–Crippen MR) is 162 cm³/mol. The fourth-order valence-corrected chi connectivity index (χ4v) is 11.8. The van der Waals surface area contributed by atoms with Gasteiger partial charge in [-0.1, -0.05) is 124 Å². The van der Waals surface area contributed by atoms with Gasteiger partial charge in [0, 0.05) is 0 Å². The second kappa shape index (κ2) is 8.90. The Balaban J connectivity index is 1.67. The van der Waals surface area contributed by atoms with E-state index in [1.807, 2.05) is 0 Å². The maximum Gasteiger partial charge on any atom is 0.118 e. The first kappa shape index (κ1) is 24.8. The average Bonchev–Trinajstić information content (AvgIpc) is 3.21. The van der Waals surface area contributed by atoms with Gasteiger partial charge in [0.1, 0.15) is 21.9 Å². The quantitative estimate of drug-likeness (QED) is 0.272. The summed E-state index contributed by atoms with van der Waals surface area (Å²) >= 11 is 0.